The van der Waals surface area contributed by atoms with Crippen LogP contribution in [0, 0.1) is 5.92 Å². The molecule has 1 aromatic heterocycles. The molecule has 0 atom stereocenters. The van der Waals surface area contributed by atoms with E-state index in [1.54, 1.807) is 15.2 Å². The molecule has 1 saturated heterocycles. The predicted octanol–water partition coefficient (Wildman–Crippen LogP) is 1.98. The molecule has 1 aliphatic heterocycles. The average Bonchev–Trinajstić information content (AvgIpc) is 3.10. The molecule has 7 heteroatoms. The quantitative estimate of drug-likeness (QED) is 0.868. The van der Waals surface area contributed by atoms with Gasteiger partial charge in [-0.2, -0.15) is 17.8 Å². The van der Waals surface area contributed by atoms with E-state index in [0.717, 1.165) is 24.1 Å². The van der Waals surface area contributed by atoms with Gasteiger partial charge in [0.25, 0.3) is 10.2 Å². The molecule has 0 unspecified atom stereocenters. The highest BCUT2D eigenvalue weighted by molar-refractivity contribution is 7.87. The van der Waals surface area contributed by atoms with Crippen molar-refractivity contribution in [2.75, 3.05) is 19.6 Å². The maximum absolute atomic E-state index is 12.3. The first kappa shape index (κ1) is 17.1. The van der Waals surface area contributed by atoms with Gasteiger partial charge in [0.05, 0.1) is 5.69 Å². The fourth-order valence-electron chi connectivity index (χ4n) is 2.88. The molecule has 3 rings (SSSR count). The topological polar surface area (TPSA) is 67.2 Å². The summed E-state index contributed by atoms with van der Waals surface area (Å²) in [6.07, 6.45) is 6.18. The van der Waals surface area contributed by atoms with Crippen molar-refractivity contribution >= 4 is 10.2 Å². The van der Waals surface area contributed by atoms with Gasteiger partial charge in [0.2, 0.25) is 0 Å². The fraction of sp³-hybridized carbons (Fsp3) is 0.471. The molecule has 0 aliphatic carbocycles. The number of hydrogen-bond acceptors (Lipinski definition) is 3. The predicted molar refractivity (Wildman–Crippen MR) is 94.2 cm³/mol. The third-order valence-corrected chi connectivity index (χ3v) is 6.10. The maximum atomic E-state index is 12.3. The van der Waals surface area contributed by atoms with Gasteiger partial charge < -0.3 is 0 Å². The highest BCUT2D eigenvalue weighted by Gasteiger charge is 2.25. The lowest BCUT2D eigenvalue weighted by atomic mass is 10.0. The van der Waals surface area contributed by atoms with Gasteiger partial charge in [0.1, 0.15) is 0 Å². The molecule has 0 spiro atoms. The Morgan fingerprint density at radius 1 is 1.21 bits per heavy atom. The molecule has 6 nitrogen and oxygen atoms in total. The van der Waals surface area contributed by atoms with Gasteiger partial charge >= 0.3 is 0 Å². The minimum absolute atomic E-state index is 0.412. The van der Waals surface area contributed by atoms with Crippen molar-refractivity contribution in [2.45, 2.75) is 26.2 Å². The molecule has 1 aromatic carbocycles. The molecule has 1 aliphatic rings. The summed E-state index contributed by atoms with van der Waals surface area (Å²) in [5.74, 6) is 0.616. The van der Waals surface area contributed by atoms with E-state index in [4.69, 9.17) is 0 Å². The van der Waals surface area contributed by atoms with Crippen molar-refractivity contribution in [1.82, 2.24) is 18.8 Å². The Labute approximate surface area is 143 Å². The lowest BCUT2D eigenvalue weighted by molar-refractivity contribution is 0.285. The van der Waals surface area contributed by atoms with Crippen LogP contribution in [0.4, 0.5) is 0 Å². The second kappa shape index (κ2) is 7.46. The molecule has 0 saturated carbocycles. The zero-order chi connectivity index (χ0) is 17.0. The van der Waals surface area contributed by atoms with Gasteiger partial charge in [-0.15, -0.1) is 0 Å². The second-order valence-corrected chi connectivity index (χ2v) is 8.10. The third kappa shape index (κ3) is 4.23. The Morgan fingerprint density at radius 3 is 2.54 bits per heavy atom. The van der Waals surface area contributed by atoms with Gasteiger partial charge in [-0.25, -0.2) is 9.40 Å². The van der Waals surface area contributed by atoms with Gasteiger partial charge in [0, 0.05) is 32.0 Å². The Balaban J connectivity index is 1.51. The number of piperidine rings is 1. The van der Waals surface area contributed by atoms with Gasteiger partial charge in [-0.05, 0) is 48.9 Å². The zero-order valence-electron chi connectivity index (χ0n) is 13.9. The lowest BCUT2D eigenvalue weighted by Crippen LogP contribution is -2.45. The van der Waals surface area contributed by atoms with Crippen LogP contribution in [-0.4, -0.2) is 42.1 Å². The fourth-order valence-corrected chi connectivity index (χ4v) is 4.11. The van der Waals surface area contributed by atoms with Crippen LogP contribution < -0.4 is 4.72 Å². The van der Waals surface area contributed by atoms with Gasteiger partial charge in [-0.1, -0.05) is 19.1 Å². The van der Waals surface area contributed by atoms with Crippen molar-refractivity contribution in [1.29, 1.82) is 0 Å². The molecule has 0 bridgehead atoms. The van der Waals surface area contributed by atoms with Crippen LogP contribution in [0.3, 0.4) is 0 Å². The summed E-state index contributed by atoms with van der Waals surface area (Å²) < 4.78 is 30.7. The minimum atomic E-state index is -3.35. The number of nitrogens with one attached hydrogen (secondary N) is 1. The Hall–Kier alpha value is -1.70. The minimum Gasteiger partial charge on any atom is -0.241 e. The Morgan fingerprint density at radius 2 is 1.92 bits per heavy atom. The maximum Gasteiger partial charge on any atom is 0.279 e. The van der Waals surface area contributed by atoms with E-state index in [2.05, 4.69) is 16.7 Å². The standard InChI is InChI=1S/C17H24N4O2S/c1-15-8-13-20(14-9-15)24(22,23)19-11-7-16-3-5-17(6-4-16)21-12-2-10-18-21/h2-6,10,12,15,19H,7-9,11,13-14H2,1H3. The zero-order valence-corrected chi connectivity index (χ0v) is 14.7. The number of nitrogens with zero attached hydrogens (tertiary/aromatic N) is 3. The summed E-state index contributed by atoms with van der Waals surface area (Å²) in [5.41, 5.74) is 2.09. The summed E-state index contributed by atoms with van der Waals surface area (Å²) in [6, 6.07) is 9.87. The van der Waals surface area contributed by atoms with Gasteiger partial charge in [-0.3, -0.25) is 0 Å². The highest BCUT2D eigenvalue weighted by atomic mass is 32.2. The summed E-state index contributed by atoms with van der Waals surface area (Å²) in [6.45, 7) is 3.82. The third-order valence-electron chi connectivity index (χ3n) is 4.49. The van der Waals surface area contributed by atoms with Crippen molar-refractivity contribution in [3.05, 3.63) is 48.3 Å². The smallest absolute Gasteiger partial charge is 0.241 e. The lowest BCUT2D eigenvalue weighted by Gasteiger charge is -2.29. The summed E-state index contributed by atoms with van der Waals surface area (Å²) in [4.78, 5) is 0. The molecule has 130 valence electrons. The van der Waals surface area contributed by atoms with Crippen LogP contribution in [0.1, 0.15) is 25.3 Å². The highest BCUT2D eigenvalue weighted by Crippen LogP contribution is 2.18. The van der Waals surface area contributed by atoms with Crippen molar-refractivity contribution in [3.8, 4) is 5.69 Å². The molecule has 2 aromatic rings. The second-order valence-electron chi connectivity index (χ2n) is 6.35. The number of rotatable bonds is 6. The van der Waals surface area contributed by atoms with Crippen molar-refractivity contribution < 1.29 is 8.42 Å². The van der Waals surface area contributed by atoms with E-state index in [0.29, 0.717) is 32.0 Å². The molecular weight excluding hydrogens is 324 g/mol. The first-order chi connectivity index (χ1) is 11.5. The molecule has 24 heavy (non-hydrogen) atoms. The van der Waals surface area contributed by atoms with E-state index in [1.807, 2.05) is 36.5 Å². The number of hydrogen-bond donors (Lipinski definition) is 1. The van der Waals surface area contributed by atoms with Crippen molar-refractivity contribution in [2.24, 2.45) is 5.92 Å². The first-order valence-corrected chi connectivity index (χ1v) is 9.82. The van der Waals surface area contributed by atoms with E-state index in [-0.39, 0.29) is 0 Å². The summed E-state index contributed by atoms with van der Waals surface area (Å²) >= 11 is 0. The number of benzene rings is 1. The first-order valence-electron chi connectivity index (χ1n) is 8.38. The molecule has 2 heterocycles. The van der Waals surface area contributed by atoms with Crippen molar-refractivity contribution in [3.63, 3.8) is 0 Å². The SMILES string of the molecule is CC1CCN(S(=O)(=O)NCCc2ccc(-n3cccn3)cc2)CC1. The number of aromatic nitrogens is 2. The van der Waals surface area contributed by atoms with Crippen LogP contribution in [-0.2, 0) is 16.6 Å². The van der Waals surface area contributed by atoms with Crippen LogP contribution >= 0.6 is 0 Å². The molecule has 0 radical (unpaired) electrons. The largest absolute Gasteiger partial charge is 0.279 e. The van der Waals surface area contributed by atoms with Gasteiger partial charge in [0.15, 0.2) is 0 Å². The van der Waals surface area contributed by atoms with Crippen LogP contribution in [0.25, 0.3) is 5.69 Å². The van der Waals surface area contributed by atoms with Crippen LogP contribution in [0.15, 0.2) is 42.7 Å². The molecule has 1 fully saturated rings. The van der Waals surface area contributed by atoms with E-state index < -0.39 is 10.2 Å². The Bertz CT molecular complexity index is 733. The van der Waals surface area contributed by atoms with E-state index in [9.17, 15) is 8.42 Å². The van der Waals surface area contributed by atoms with E-state index in [1.165, 1.54) is 0 Å². The average molecular weight is 348 g/mol. The normalized spacial score (nSPS) is 17.2. The summed E-state index contributed by atoms with van der Waals surface area (Å²) in [5, 5.41) is 4.19. The van der Waals surface area contributed by atoms with Crippen LogP contribution in [0.2, 0.25) is 0 Å². The molecule has 1 N–H and O–H groups in total. The Kier molecular flexibility index (Phi) is 5.33. The monoisotopic (exact) mass is 348 g/mol. The molecule has 0 amide bonds. The van der Waals surface area contributed by atoms with Crippen LogP contribution in [0.5, 0.6) is 0 Å². The van der Waals surface area contributed by atoms with E-state index >= 15 is 0 Å². The summed E-state index contributed by atoms with van der Waals surface area (Å²) in [7, 11) is -3.35. The molecular formula is C17H24N4O2S.